The number of nitrogens with zero attached hydrogens (tertiary/aromatic N) is 4. The zero-order valence-electron chi connectivity index (χ0n) is 14.1. The monoisotopic (exact) mass is 445 g/mol. The lowest BCUT2D eigenvalue weighted by molar-refractivity contribution is -0.116. The second-order valence-electron chi connectivity index (χ2n) is 6.01. The van der Waals surface area contributed by atoms with E-state index in [1.165, 1.54) is 10.9 Å². The summed E-state index contributed by atoms with van der Waals surface area (Å²) in [5.41, 5.74) is 1.80. The Balaban J connectivity index is 1.62. The molecule has 1 N–H and O–H groups in total. The maximum atomic E-state index is 12.6. The Morgan fingerprint density at radius 2 is 2.04 bits per heavy atom. The fraction of sp³-hybridized carbons (Fsp3) is 0.111. The molecule has 0 fully saturated rings. The average molecular weight is 447 g/mol. The molecule has 0 saturated heterocycles. The topological polar surface area (TPSA) is 81.8 Å². The van der Waals surface area contributed by atoms with E-state index in [0.29, 0.717) is 27.4 Å². The molecule has 7 nitrogen and oxygen atoms in total. The number of hydrogen-bond acceptors (Lipinski definition) is 4. The number of halogens is 2. The van der Waals surface area contributed by atoms with E-state index >= 15 is 0 Å². The van der Waals surface area contributed by atoms with Crippen molar-refractivity contribution in [2.24, 2.45) is 7.05 Å². The number of nitrogens with one attached hydrogen (secondary N) is 1. The van der Waals surface area contributed by atoms with E-state index in [2.05, 4.69) is 31.2 Å². The number of hydrogen-bond donors (Lipinski definition) is 1. The molecule has 0 aliphatic rings. The standard InChI is InChI=1S/C18H13BrClN5O2/c1-24-15-5-3-11(20)7-14(15)22-18(24)23-16(26)8-25-9-21-13-4-2-10(19)6-12(13)17(25)27/h2-7,9H,8H2,1H3,(H,22,23,26). The normalized spacial score (nSPS) is 11.2. The summed E-state index contributed by atoms with van der Waals surface area (Å²) in [7, 11) is 1.79. The molecule has 2 aromatic heterocycles. The number of carbonyl (C=O) groups is 1. The van der Waals surface area contributed by atoms with Crippen LogP contribution in [0.3, 0.4) is 0 Å². The molecule has 0 saturated carbocycles. The number of fused-ring (bicyclic) bond motifs is 2. The lowest BCUT2D eigenvalue weighted by atomic mass is 10.2. The van der Waals surface area contributed by atoms with Crippen molar-refractivity contribution in [1.29, 1.82) is 0 Å². The minimum atomic E-state index is -0.377. The highest BCUT2D eigenvalue weighted by Gasteiger charge is 2.13. The van der Waals surface area contributed by atoms with Gasteiger partial charge in [0.15, 0.2) is 0 Å². The molecule has 136 valence electrons. The summed E-state index contributed by atoms with van der Waals surface area (Å²) >= 11 is 9.32. The molecule has 2 heterocycles. The number of benzene rings is 2. The van der Waals surface area contributed by atoms with Gasteiger partial charge in [-0.2, -0.15) is 0 Å². The van der Waals surface area contributed by atoms with Gasteiger partial charge in [-0.05, 0) is 36.4 Å². The molecule has 0 aliphatic carbocycles. The van der Waals surface area contributed by atoms with E-state index in [1.54, 1.807) is 35.9 Å². The van der Waals surface area contributed by atoms with Gasteiger partial charge < -0.3 is 4.57 Å². The fourth-order valence-corrected chi connectivity index (χ4v) is 3.37. The summed E-state index contributed by atoms with van der Waals surface area (Å²) in [4.78, 5) is 33.7. The van der Waals surface area contributed by atoms with Gasteiger partial charge in [0.2, 0.25) is 11.9 Å². The Kier molecular flexibility index (Phi) is 4.45. The summed E-state index contributed by atoms with van der Waals surface area (Å²) in [6.45, 7) is -0.168. The molecule has 9 heteroatoms. The van der Waals surface area contributed by atoms with Crippen LogP contribution in [0, 0.1) is 0 Å². The van der Waals surface area contributed by atoms with Gasteiger partial charge in [0, 0.05) is 16.5 Å². The van der Waals surface area contributed by atoms with Crippen molar-refractivity contribution in [3.8, 4) is 0 Å². The number of aromatic nitrogens is 4. The first kappa shape index (κ1) is 17.7. The molecule has 2 aromatic carbocycles. The van der Waals surface area contributed by atoms with Crippen LogP contribution in [0.1, 0.15) is 0 Å². The van der Waals surface area contributed by atoms with Crippen molar-refractivity contribution in [1.82, 2.24) is 19.1 Å². The second-order valence-corrected chi connectivity index (χ2v) is 7.37. The summed E-state index contributed by atoms with van der Waals surface area (Å²) < 4.78 is 3.79. The third kappa shape index (κ3) is 3.33. The van der Waals surface area contributed by atoms with Gasteiger partial charge in [0.25, 0.3) is 5.56 Å². The summed E-state index contributed by atoms with van der Waals surface area (Å²) in [5, 5.41) is 3.74. The van der Waals surface area contributed by atoms with Crippen LogP contribution in [0.25, 0.3) is 21.9 Å². The summed E-state index contributed by atoms with van der Waals surface area (Å²) in [5.74, 6) is -0.000409. The largest absolute Gasteiger partial charge is 0.313 e. The van der Waals surface area contributed by atoms with Crippen LogP contribution in [0.4, 0.5) is 5.95 Å². The van der Waals surface area contributed by atoms with Crippen LogP contribution in [0.5, 0.6) is 0 Å². The zero-order chi connectivity index (χ0) is 19.1. The number of rotatable bonds is 3. The highest BCUT2D eigenvalue weighted by Crippen LogP contribution is 2.22. The lowest BCUT2D eigenvalue weighted by Crippen LogP contribution is -2.28. The van der Waals surface area contributed by atoms with E-state index in [4.69, 9.17) is 11.6 Å². The van der Waals surface area contributed by atoms with Gasteiger partial charge >= 0.3 is 0 Å². The predicted octanol–water partition coefficient (Wildman–Crippen LogP) is 3.34. The molecular formula is C18H13BrClN5O2. The van der Waals surface area contributed by atoms with Crippen molar-refractivity contribution in [2.75, 3.05) is 5.32 Å². The average Bonchev–Trinajstić information content (AvgIpc) is 2.92. The van der Waals surface area contributed by atoms with Crippen molar-refractivity contribution in [3.63, 3.8) is 0 Å². The van der Waals surface area contributed by atoms with Crippen molar-refractivity contribution in [2.45, 2.75) is 6.54 Å². The number of carbonyl (C=O) groups excluding carboxylic acids is 1. The van der Waals surface area contributed by atoms with Gasteiger partial charge in [-0.3, -0.25) is 19.5 Å². The molecule has 4 rings (SSSR count). The Morgan fingerprint density at radius 3 is 2.85 bits per heavy atom. The molecule has 0 aliphatic heterocycles. The van der Waals surface area contributed by atoms with Crippen LogP contribution < -0.4 is 10.9 Å². The van der Waals surface area contributed by atoms with E-state index in [-0.39, 0.29) is 18.0 Å². The molecular weight excluding hydrogens is 434 g/mol. The molecule has 0 spiro atoms. The van der Waals surface area contributed by atoms with Crippen LogP contribution in [0.15, 0.2) is 52.0 Å². The van der Waals surface area contributed by atoms with E-state index in [1.807, 2.05) is 12.1 Å². The van der Waals surface area contributed by atoms with E-state index in [0.717, 1.165) is 9.99 Å². The number of amides is 1. The highest BCUT2D eigenvalue weighted by molar-refractivity contribution is 9.10. The lowest BCUT2D eigenvalue weighted by Gasteiger charge is -2.08. The highest BCUT2D eigenvalue weighted by atomic mass is 79.9. The summed E-state index contributed by atoms with van der Waals surface area (Å²) in [6, 6.07) is 10.6. The first-order valence-electron chi connectivity index (χ1n) is 7.99. The molecule has 27 heavy (non-hydrogen) atoms. The summed E-state index contributed by atoms with van der Waals surface area (Å²) in [6.07, 6.45) is 1.37. The van der Waals surface area contributed by atoms with Crippen molar-refractivity contribution < 1.29 is 4.79 Å². The van der Waals surface area contributed by atoms with Crippen LogP contribution in [-0.4, -0.2) is 25.0 Å². The van der Waals surface area contributed by atoms with Crippen molar-refractivity contribution >= 4 is 61.3 Å². The van der Waals surface area contributed by atoms with Gasteiger partial charge in [-0.15, -0.1) is 0 Å². The second kappa shape index (κ2) is 6.79. The molecule has 0 unspecified atom stereocenters. The van der Waals surface area contributed by atoms with Gasteiger partial charge in [0.1, 0.15) is 6.54 Å². The number of aryl methyl sites for hydroxylation is 1. The molecule has 0 bridgehead atoms. The van der Waals surface area contributed by atoms with Crippen LogP contribution >= 0.6 is 27.5 Å². The van der Waals surface area contributed by atoms with E-state index in [9.17, 15) is 9.59 Å². The Labute approximate surface area is 166 Å². The Morgan fingerprint density at radius 1 is 1.22 bits per heavy atom. The third-order valence-corrected chi connectivity index (χ3v) is 4.92. The maximum absolute atomic E-state index is 12.6. The van der Waals surface area contributed by atoms with E-state index < -0.39 is 0 Å². The molecule has 4 aromatic rings. The molecule has 1 amide bonds. The minimum Gasteiger partial charge on any atom is -0.313 e. The number of anilines is 1. The molecule has 0 atom stereocenters. The SMILES string of the molecule is Cn1c(NC(=O)Cn2cnc3ccc(Br)cc3c2=O)nc2cc(Cl)ccc21. The maximum Gasteiger partial charge on any atom is 0.261 e. The first-order valence-corrected chi connectivity index (χ1v) is 9.16. The predicted molar refractivity (Wildman–Crippen MR) is 108 cm³/mol. The van der Waals surface area contributed by atoms with Crippen molar-refractivity contribution in [3.05, 3.63) is 62.6 Å². The zero-order valence-corrected chi connectivity index (χ0v) is 16.5. The van der Waals surface area contributed by atoms with Gasteiger partial charge in [-0.25, -0.2) is 9.97 Å². The van der Waals surface area contributed by atoms with Crippen LogP contribution in [0.2, 0.25) is 5.02 Å². The van der Waals surface area contributed by atoms with Gasteiger partial charge in [-0.1, -0.05) is 27.5 Å². The first-order chi connectivity index (χ1) is 12.9. The molecule has 0 radical (unpaired) electrons. The quantitative estimate of drug-likeness (QED) is 0.523. The fourth-order valence-electron chi connectivity index (χ4n) is 2.85. The Bertz CT molecular complexity index is 1260. The smallest absolute Gasteiger partial charge is 0.261 e. The van der Waals surface area contributed by atoms with Gasteiger partial charge in [0.05, 0.1) is 28.3 Å². The third-order valence-electron chi connectivity index (χ3n) is 4.19. The van der Waals surface area contributed by atoms with Crippen LogP contribution in [-0.2, 0) is 18.4 Å². The number of imidazole rings is 1. The minimum absolute atomic E-state index is 0.168. The Hall–Kier alpha value is -2.71.